The number of amides is 1. The zero-order valence-electron chi connectivity index (χ0n) is 16.9. The van der Waals surface area contributed by atoms with E-state index in [0.717, 1.165) is 5.69 Å². The van der Waals surface area contributed by atoms with Gasteiger partial charge in [0.2, 0.25) is 5.91 Å². The van der Waals surface area contributed by atoms with E-state index >= 15 is 0 Å². The van der Waals surface area contributed by atoms with Gasteiger partial charge in [-0.1, -0.05) is 32.0 Å². The van der Waals surface area contributed by atoms with Gasteiger partial charge in [-0.3, -0.25) is 9.79 Å². The number of hydrogen-bond donors (Lipinski definition) is 2. The summed E-state index contributed by atoms with van der Waals surface area (Å²) in [6, 6.07) is 9.60. The predicted molar refractivity (Wildman–Crippen MR) is 125 cm³/mol. The van der Waals surface area contributed by atoms with Crippen LogP contribution < -0.4 is 15.5 Å². The minimum atomic E-state index is -2.98. The first-order valence-corrected chi connectivity index (χ1v) is 11.2. The fourth-order valence-electron chi connectivity index (χ4n) is 2.92. The van der Waals surface area contributed by atoms with Gasteiger partial charge in [-0.25, -0.2) is 8.42 Å². The number of halogens is 1. The van der Waals surface area contributed by atoms with E-state index in [4.69, 9.17) is 0 Å². The van der Waals surface area contributed by atoms with Gasteiger partial charge in [0.25, 0.3) is 0 Å². The van der Waals surface area contributed by atoms with Gasteiger partial charge in [-0.15, -0.1) is 24.0 Å². The van der Waals surface area contributed by atoms with Crippen LogP contribution in [-0.4, -0.2) is 58.5 Å². The van der Waals surface area contributed by atoms with Crippen LogP contribution in [0.15, 0.2) is 35.3 Å². The Morgan fingerprint density at radius 1 is 1.29 bits per heavy atom. The molecule has 2 N–H and O–H groups in total. The number of carbonyl (C=O) groups is 1. The highest BCUT2D eigenvalue weighted by molar-refractivity contribution is 14.0. The monoisotopic (exact) mass is 522 g/mol. The molecule has 1 aliphatic rings. The average molecular weight is 522 g/mol. The first-order valence-electron chi connectivity index (χ1n) is 9.10. The molecule has 1 aromatic carbocycles. The van der Waals surface area contributed by atoms with Crippen molar-refractivity contribution in [3.63, 3.8) is 0 Å². The molecule has 158 valence electrons. The van der Waals surface area contributed by atoms with E-state index < -0.39 is 9.84 Å². The molecular weight excluding hydrogens is 491 g/mol. The van der Waals surface area contributed by atoms with Crippen LogP contribution in [0.25, 0.3) is 0 Å². The summed E-state index contributed by atoms with van der Waals surface area (Å²) in [6.45, 7) is 5.22. The Bertz CT molecular complexity index is 782. The molecule has 0 bridgehead atoms. The number of aliphatic imine (C=N–C) groups is 1. The second-order valence-electron chi connectivity index (χ2n) is 7.86. The third-order valence-electron chi connectivity index (χ3n) is 4.64. The zero-order chi connectivity index (χ0) is 20.1. The number of benzene rings is 1. The minimum absolute atomic E-state index is 0. The van der Waals surface area contributed by atoms with Crippen molar-refractivity contribution in [2.75, 3.05) is 37.0 Å². The summed E-state index contributed by atoms with van der Waals surface area (Å²) in [4.78, 5) is 18.3. The van der Waals surface area contributed by atoms with E-state index in [-0.39, 0.29) is 47.1 Å². The molecule has 0 saturated carbocycles. The average Bonchev–Trinajstić information content (AvgIpc) is 2.97. The summed E-state index contributed by atoms with van der Waals surface area (Å²) in [5.41, 5.74) is 0.707. The van der Waals surface area contributed by atoms with E-state index in [9.17, 15) is 13.2 Å². The molecule has 1 heterocycles. The molecule has 1 aliphatic heterocycles. The first kappa shape index (κ1) is 24.7. The van der Waals surface area contributed by atoms with Crippen LogP contribution in [0.4, 0.5) is 5.69 Å². The third kappa shape index (κ3) is 7.94. The summed E-state index contributed by atoms with van der Waals surface area (Å²) < 4.78 is 22.8. The van der Waals surface area contributed by atoms with Gasteiger partial charge in [-0.05, 0) is 24.0 Å². The minimum Gasteiger partial charge on any atom is -0.356 e. The van der Waals surface area contributed by atoms with Gasteiger partial charge < -0.3 is 15.5 Å². The topological polar surface area (TPSA) is 90.9 Å². The summed E-state index contributed by atoms with van der Waals surface area (Å²) in [6.07, 6.45) is 2.24. The maximum absolute atomic E-state index is 12.3. The Balaban J connectivity index is 0.00000392. The van der Waals surface area contributed by atoms with E-state index in [1.54, 1.807) is 11.9 Å². The van der Waals surface area contributed by atoms with Crippen LogP contribution >= 0.6 is 24.0 Å². The van der Waals surface area contributed by atoms with Gasteiger partial charge in [0, 0.05) is 38.5 Å². The summed E-state index contributed by atoms with van der Waals surface area (Å²) in [7, 11) is -1.29. The number of rotatable bonds is 7. The molecule has 1 unspecified atom stereocenters. The van der Waals surface area contributed by atoms with E-state index in [1.165, 1.54) is 6.26 Å². The quantitative estimate of drug-likeness (QED) is 0.325. The molecule has 0 spiro atoms. The molecule has 1 atom stereocenters. The largest absolute Gasteiger partial charge is 0.356 e. The van der Waals surface area contributed by atoms with Crippen LogP contribution in [0.1, 0.15) is 26.7 Å². The molecule has 1 fully saturated rings. The Labute approximate surface area is 185 Å². The van der Waals surface area contributed by atoms with Gasteiger partial charge in [0.15, 0.2) is 5.96 Å². The van der Waals surface area contributed by atoms with Crippen molar-refractivity contribution in [3.8, 4) is 0 Å². The maximum Gasteiger partial charge on any atom is 0.229 e. The van der Waals surface area contributed by atoms with Crippen molar-refractivity contribution >= 4 is 51.4 Å². The Morgan fingerprint density at radius 2 is 1.93 bits per heavy atom. The molecule has 0 aromatic heterocycles. The maximum atomic E-state index is 12.3. The highest BCUT2D eigenvalue weighted by Gasteiger charge is 2.31. The molecule has 7 nitrogen and oxygen atoms in total. The molecule has 28 heavy (non-hydrogen) atoms. The molecule has 1 amide bonds. The van der Waals surface area contributed by atoms with Crippen LogP contribution in [0, 0.1) is 5.41 Å². The number of guanidine groups is 1. The van der Waals surface area contributed by atoms with Gasteiger partial charge >= 0.3 is 0 Å². The molecule has 2 rings (SSSR count). The van der Waals surface area contributed by atoms with E-state index in [1.807, 2.05) is 44.2 Å². The SMILES string of the molecule is CN=C(NCC(C)(C)CCS(C)(=O)=O)NC1CC(=O)N(c2ccccc2)C1.I. The van der Waals surface area contributed by atoms with Crippen LogP contribution in [-0.2, 0) is 14.6 Å². The van der Waals surface area contributed by atoms with Crippen molar-refractivity contribution in [1.82, 2.24) is 10.6 Å². The molecule has 0 radical (unpaired) electrons. The Hall–Kier alpha value is -1.36. The number of sulfone groups is 1. The number of para-hydroxylation sites is 1. The highest BCUT2D eigenvalue weighted by atomic mass is 127. The molecule has 0 aliphatic carbocycles. The fourth-order valence-corrected chi connectivity index (χ4v) is 3.85. The standard InChI is InChI=1S/C19H30N4O3S.HI/c1-19(2,10-11-27(4,25)26)14-21-18(20-3)22-15-12-17(24)23(13-15)16-8-6-5-7-9-16;/h5-9,15H,10-14H2,1-4H3,(H2,20,21,22);1H. The lowest BCUT2D eigenvalue weighted by Gasteiger charge is -2.26. The van der Waals surface area contributed by atoms with Crippen molar-refractivity contribution in [1.29, 1.82) is 0 Å². The second-order valence-corrected chi connectivity index (χ2v) is 10.1. The summed E-state index contributed by atoms with van der Waals surface area (Å²) in [5, 5.41) is 6.56. The zero-order valence-corrected chi connectivity index (χ0v) is 20.1. The number of anilines is 1. The number of carbonyl (C=O) groups excluding carboxylic acids is 1. The van der Waals surface area contributed by atoms with Crippen molar-refractivity contribution in [2.24, 2.45) is 10.4 Å². The van der Waals surface area contributed by atoms with E-state index in [2.05, 4.69) is 15.6 Å². The fraction of sp³-hybridized carbons (Fsp3) is 0.579. The summed E-state index contributed by atoms with van der Waals surface area (Å²) in [5.74, 6) is 0.870. The molecule has 1 aromatic rings. The lowest BCUT2D eigenvalue weighted by molar-refractivity contribution is -0.117. The van der Waals surface area contributed by atoms with Crippen molar-refractivity contribution in [3.05, 3.63) is 30.3 Å². The summed E-state index contributed by atoms with van der Waals surface area (Å²) >= 11 is 0. The number of nitrogens with zero attached hydrogens (tertiary/aromatic N) is 2. The van der Waals surface area contributed by atoms with Crippen molar-refractivity contribution in [2.45, 2.75) is 32.7 Å². The smallest absolute Gasteiger partial charge is 0.229 e. The van der Waals surface area contributed by atoms with Crippen molar-refractivity contribution < 1.29 is 13.2 Å². The van der Waals surface area contributed by atoms with Gasteiger partial charge in [-0.2, -0.15) is 0 Å². The molecular formula is C19H31IN4O3S. The van der Waals surface area contributed by atoms with E-state index in [0.29, 0.717) is 31.9 Å². The second kappa shape index (κ2) is 10.4. The van der Waals surface area contributed by atoms with Crippen LogP contribution in [0.3, 0.4) is 0 Å². The Morgan fingerprint density at radius 3 is 2.50 bits per heavy atom. The molecule has 1 saturated heterocycles. The third-order valence-corrected chi connectivity index (χ3v) is 5.59. The first-order chi connectivity index (χ1) is 12.6. The lowest BCUT2D eigenvalue weighted by atomic mass is 9.90. The lowest BCUT2D eigenvalue weighted by Crippen LogP contribution is -2.47. The van der Waals surface area contributed by atoms with Gasteiger partial charge in [0.1, 0.15) is 9.84 Å². The van der Waals surface area contributed by atoms with Gasteiger partial charge in [0.05, 0.1) is 11.8 Å². The predicted octanol–water partition coefficient (Wildman–Crippen LogP) is 2.04. The molecule has 9 heteroatoms. The van der Waals surface area contributed by atoms with Crippen LogP contribution in [0.5, 0.6) is 0 Å². The number of hydrogen-bond acceptors (Lipinski definition) is 4. The Kier molecular flexibility index (Phi) is 9.19. The highest BCUT2D eigenvalue weighted by Crippen LogP contribution is 2.22. The number of nitrogens with one attached hydrogen (secondary N) is 2. The normalized spacial score (nSPS) is 18.0. The van der Waals surface area contributed by atoms with Crippen LogP contribution in [0.2, 0.25) is 0 Å².